The number of carboxylic acid groups (broad SMARTS) is 1. The summed E-state index contributed by atoms with van der Waals surface area (Å²) < 4.78 is 0. The highest BCUT2D eigenvalue weighted by atomic mass is 16.4. The molecule has 5 nitrogen and oxygen atoms in total. The number of benzene rings is 1. The first-order valence-corrected chi connectivity index (χ1v) is 5.37. The van der Waals surface area contributed by atoms with Crippen LogP contribution in [0.4, 0.5) is 4.79 Å². The lowest BCUT2D eigenvalue weighted by Gasteiger charge is -2.06. The van der Waals surface area contributed by atoms with Crippen LogP contribution >= 0.6 is 0 Å². The SMILES string of the molecule is Cc1cccc(CCNC(=O)NCC(=O)O)c1. The Kier molecular flexibility index (Phi) is 5.00. The smallest absolute Gasteiger partial charge is 0.323 e. The van der Waals surface area contributed by atoms with Gasteiger partial charge in [-0.3, -0.25) is 4.79 Å². The van der Waals surface area contributed by atoms with Crippen LogP contribution in [0.5, 0.6) is 0 Å². The number of aryl methyl sites for hydroxylation is 1. The van der Waals surface area contributed by atoms with Crippen LogP contribution in [0.1, 0.15) is 11.1 Å². The third-order valence-corrected chi connectivity index (χ3v) is 2.18. The van der Waals surface area contributed by atoms with E-state index in [1.807, 2.05) is 25.1 Å². The lowest BCUT2D eigenvalue weighted by atomic mass is 10.1. The van der Waals surface area contributed by atoms with Crippen LogP contribution in [0, 0.1) is 6.92 Å². The third kappa shape index (κ3) is 5.55. The van der Waals surface area contributed by atoms with Gasteiger partial charge in [-0.15, -0.1) is 0 Å². The first kappa shape index (κ1) is 13.0. The van der Waals surface area contributed by atoms with E-state index in [-0.39, 0.29) is 6.54 Å². The molecular weight excluding hydrogens is 220 g/mol. The maximum absolute atomic E-state index is 11.1. The molecule has 0 heterocycles. The minimum atomic E-state index is -1.06. The van der Waals surface area contributed by atoms with Crippen molar-refractivity contribution < 1.29 is 14.7 Å². The van der Waals surface area contributed by atoms with Crippen LogP contribution < -0.4 is 10.6 Å². The Morgan fingerprint density at radius 2 is 2.06 bits per heavy atom. The van der Waals surface area contributed by atoms with E-state index in [1.54, 1.807) is 0 Å². The fraction of sp³-hybridized carbons (Fsp3) is 0.333. The summed E-state index contributed by atoms with van der Waals surface area (Å²) in [6.07, 6.45) is 0.724. The normalized spacial score (nSPS) is 9.71. The molecule has 1 aromatic carbocycles. The molecule has 0 aliphatic carbocycles. The zero-order chi connectivity index (χ0) is 12.7. The van der Waals surface area contributed by atoms with Crippen LogP contribution in [0.3, 0.4) is 0 Å². The van der Waals surface area contributed by atoms with Crippen LogP contribution in [-0.2, 0) is 11.2 Å². The van der Waals surface area contributed by atoms with E-state index in [2.05, 4.69) is 16.7 Å². The number of urea groups is 1. The van der Waals surface area contributed by atoms with E-state index in [0.29, 0.717) is 6.54 Å². The second-order valence-electron chi connectivity index (χ2n) is 3.74. The second-order valence-corrected chi connectivity index (χ2v) is 3.74. The van der Waals surface area contributed by atoms with Gasteiger partial charge in [-0.05, 0) is 18.9 Å². The minimum Gasteiger partial charge on any atom is -0.480 e. The van der Waals surface area contributed by atoms with Crippen molar-refractivity contribution in [1.82, 2.24) is 10.6 Å². The first-order chi connectivity index (χ1) is 8.08. The monoisotopic (exact) mass is 236 g/mol. The Labute approximate surface area is 99.8 Å². The van der Waals surface area contributed by atoms with Gasteiger partial charge in [0.25, 0.3) is 0 Å². The maximum atomic E-state index is 11.1. The number of amides is 2. The van der Waals surface area contributed by atoms with E-state index in [9.17, 15) is 9.59 Å². The maximum Gasteiger partial charge on any atom is 0.323 e. The van der Waals surface area contributed by atoms with E-state index in [4.69, 9.17) is 5.11 Å². The summed E-state index contributed by atoms with van der Waals surface area (Å²) in [5.41, 5.74) is 2.32. The summed E-state index contributed by atoms with van der Waals surface area (Å²) in [5, 5.41) is 13.2. The van der Waals surface area contributed by atoms with Crippen molar-refractivity contribution >= 4 is 12.0 Å². The van der Waals surface area contributed by atoms with Gasteiger partial charge >= 0.3 is 12.0 Å². The van der Waals surface area contributed by atoms with Gasteiger partial charge in [-0.25, -0.2) is 4.79 Å². The molecule has 0 unspecified atom stereocenters. The topological polar surface area (TPSA) is 78.4 Å². The van der Waals surface area contributed by atoms with Gasteiger partial charge in [0, 0.05) is 6.54 Å². The van der Waals surface area contributed by atoms with E-state index < -0.39 is 12.0 Å². The van der Waals surface area contributed by atoms with Gasteiger partial charge in [-0.1, -0.05) is 29.8 Å². The second kappa shape index (κ2) is 6.52. The average molecular weight is 236 g/mol. The zero-order valence-electron chi connectivity index (χ0n) is 9.69. The van der Waals surface area contributed by atoms with Gasteiger partial charge in [0.05, 0.1) is 0 Å². The van der Waals surface area contributed by atoms with Crippen molar-refractivity contribution in [2.24, 2.45) is 0 Å². The standard InChI is InChI=1S/C12H16N2O3/c1-9-3-2-4-10(7-9)5-6-13-12(17)14-8-11(15)16/h2-4,7H,5-6,8H2,1H3,(H,15,16)(H2,13,14,17). The number of hydrogen-bond acceptors (Lipinski definition) is 2. The molecule has 1 rings (SSSR count). The van der Waals surface area contributed by atoms with Crippen molar-refractivity contribution in [3.05, 3.63) is 35.4 Å². The fourth-order valence-electron chi connectivity index (χ4n) is 1.41. The predicted octanol–water partition coefficient (Wildman–Crippen LogP) is 0.921. The fourth-order valence-corrected chi connectivity index (χ4v) is 1.41. The molecule has 5 heteroatoms. The summed E-state index contributed by atoms with van der Waals surface area (Å²) in [4.78, 5) is 21.3. The summed E-state index contributed by atoms with van der Waals surface area (Å²) in [5.74, 6) is -1.06. The molecule has 3 N–H and O–H groups in total. The Hall–Kier alpha value is -2.04. The quantitative estimate of drug-likeness (QED) is 0.711. The Morgan fingerprint density at radius 1 is 1.29 bits per heavy atom. The van der Waals surface area contributed by atoms with E-state index >= 15 is 0 Å². The minimum absolute atomic E-state index is 0.365. The summed E-state index contributed by atoms with van der Waals surface area (Å²) in [6.45, 7) is 2.13. The molecule has 0 aliphatic heterocycles. The van der Waals surface area contributed by atoms with Gasteiger partial charge in [0.1, 0.15) is 6.54 Å². The van der Waals surface area contributed by atoms with Crippen molar-refractivity contribution in [3.8, 4) is 0 Å². The number of carboxylic acids is 1. The number of nitrogens with one attached hydrogen (secondary N) is 2. The highest BCUT2D eigenvalue weighted by molar-refractivity contribution is 5.79. The molecule has 1 aromatic rings. The van der Waals surface area contributed by atoms with E-state index in [1.165, 1.54) is 5.56 Å². The first-order valence-electron chi connectivity index (χ1n) is 5.37. The number of aliphatic carboxylic acids is 1. The lowest BCUT2D eigenvalue weighted by molar-refractivity contribution is -0.135. The molecule has 0 spiro atoms. The summed E-state index contributed by atoms with van der Waals surface area (Å²) in [7, 11) is 0. The average Bonchev–Trinajstić information content (AvgIpc) is 2.26. The number of rotatable bonds is 5. The van der Waals surface area contributed by atoms with E-state index in [0.717, 1.165) is 12.0 Å². The highest BCUT2D eigenvalue weighted by Crippen LogP contribution is 2.03. The van der Waals surface area contributed by atoms with Gasteiger partial charge in [0.15, 0.2) is 0 Å². The Bertz CT molecular complexity index is 404. The Morgan fingerprint density at radius 3 is 2.71 bits per heavy atom. The lowest BCUT2D eigenvalue weighted by Crippen LogP contribution is -2.39. The highest BCUT2D eigenvalue weighted by Gasteiger charge is 2.02. The largest absolute Gasteiger partial charge is 0.480 e. The zero-order valence-corrected chi connectivity index (χ0v) is 9.69. The predicted molar refractivity (Wildman–Crippen MR) is 63.9 cm³/mol. The number of carbonyl (C=O) groups excluding carboxylic acids is 1. The molecule has 0 atom stereocenters. The molecule has 0 aromatic heterocycles. The van der Waals surface area contributed by atoms with Crippen molar-refractivity contribution in [1.29, 1.82) is 0 Å². The van der Waals surface area contributed by atoms with Crippen LogP contribution in [-0.4, -0.2) is 30.2 Å². The van der Waals surface area contributed by atoms with Crippen molar-refractivity contribution in [2.75, 3.05) is 13.1 Å². The van der Waals surface area contributed by atoms with Crippen LogP contribution in [0.15, 0.2) is 24.3 Å². The molecule has 0 saturated carbocycles. The third-order valence-electron chi connectivity index (χ3n) is 2.18. The molecule has 92 valence electrons. The van der Waals surface area contributed by atoms with Crippen LogP contribution in [0.2, 0.25) is 0 Å². The van der Waals surface area contributed by atoms with Gasteiger partial charge in [-0.2, -0.15) is 0 Å². The molecule has 0 bridgehead atoms. The summed E-state index contributed by atoms with van der Waals surface area (Å²) in [6, 6.07) is 7.56. The molecule has 17 heavy (non-hydrogen) atoms. The molecule has 2 amide bonds. The molecule has 0 aliphatic rings. The summed E-state index contributed by atoms with van der Waals surface area (Å²) >= 11 is 0. The van der Waals surface area contributed by atoms with Crippen LogP contribution in [0.25, 0.3) is 0 Å². The molecule has 0 fully saturated rings. The molecule has 0 radical (unpaired) electrons. The van der Waals surface area contributed by atoms with Crippen molar-refractivity contribution in [3.63, 3.8) is 0 Å². The Balaban J connectivity index is 2.23. The number of carbonyl (C=O) groups is 2. The molecule has 0 saturated heterocycles. The number of hydrogen-bond donors (Lipinski definition) is 3. The van der Waals surface area contributed by atoms with Gasteiger partial charge in [0.2, 0.25) is 0 Å². The van der Waals surface area contributed by atoms with Gasteiger partial charge < -0.3 is 15.7 Å². The molecular formula is C12H16N2O3. The van der Waals surface area contributed by atoms with Crippen molar-refractivity contribution in [2.45, 2.75) is 13.3 Å².